The number of aromatic nitrogens is 2. The number of nitrogens with one attached hydrogen (secondary N) is 2. The Labute approximate surface area is 133 Å². The molecule has 0 saturated carbocycles. The quantitative estimate of drug-likeness (QED) is 0.738. The summed E-state index contributed by atoms with van der Waals surface area (Å²) in [5, 5.41) is 11.6. The van der Waals surface area contributed by atoms with Crippen LogP contribution in [-0.4, -0.2) is 16.1 Å². The number of halogens is 1. The van der Waals surface area contributed by atoms with E-state index in [-0.39, 0.29) is 5.91 Å². The average Bonchev–Trinajstić information content (AvgIpc) is 2.90. The highest BCUT2D eigenvalue weighted by atomic mass is 35.5. The van der Waals surface area contributed by atoms with E-state index in [1.54, 1.807) is 0 Å². The minimum Gasteiger partial charge on any atom is -0.309 e. The summed E-state index contributed by atoms with van der Waals surface area (Å²) in [6.45, 7) is 1.97. The van der Waals surface area contributed by atoms with Gasteiger partial charge in [-0.05, 0) is 41.8 Å². The molecule has 5 heteroatoms. The van der Waals surface area contributed by atoms with Crippen LogP contribution < -0.4 is 5.32 Å². The van der Waals surface area contributed by atoms with Crippen LogP contribution in [0.5, 0.6) is 0 Å². The SMILES string of the molecule is CCCC(=O)Nc1n[nH]c2cc(-c3ccc(Cl)cc3)ccc12. The van der Waals surface area contributed by atoms with Crippen molar-refractivity contribution in [1.82, 2.24) is 10.2 Å². The number of H-pyrrole nitrogens is 1. The van der Waals surface area contributed by atoms with Crippen LogP contribution in [0.2, 0.25) is 5.02 Å². The Morgan fingerprint density at radius 3 is 2.64 bits per heavy atom. The van der Waals surface area contributed by atoms with Crippen molar-refractivity contribution >= 4 is 34.2 Å². The maximum atomic E-state index is 11.7. The van der Waals surface area contributed by atoms with E-state index in [0.29, 0.717) is 17.3 Å². The molecule has 0 aliphatic carbocycles. The third-order valence-electron chi connectivity index (χ3n) is 3.48. The van der Waals surface area contributed by atoms with Gasteiger partial charge in [0.1, 0.15) is 0 Å². The Morgan fingerprint density at radius 2 is 1.91 bits per heavy atom. The van der Waals surface area contributed by atoms with Crippen molar-refractivity contribution in [3.05, 3.63) is 47.5 Å². The number of anilines is 1. The molecule has 1 amide bonds. The zero-order chi connectivity index (χ0) is 15.5. The Bertz CT molecular complexity index is 808. The van der Waals surface area contributed by atoms with E-state index in [1.807, 2.05) is 49.4 Å². The lowest BCUT2D eigenvalue weighted by molar-refractivity contribution is -0.116. The predicted molar refractivity (Wildman–Crippen MR) is 90.1 cm³/mol. The van der Waals surface area contributed by atoms with Gasteiger partial charge in [-0.15, -0.1) is 0 Å². The first kappa shape index (κ1) is 14.6. The van der Waals surface area contributed by atoms with Crippen molar-refractivity contribution in [2.45, 2.75) is 19.8 Å². The van der Waals surface area contributed by atoms with Crippen LogP contribution in [-0.2, 0) is 4.79 Å². The highest BCUT2D eigenvalue weighted by molar-refractivity contribution is 6.30. The van der Waals surface area contributed by atoms with Crippen molar-refractivity contribution in [3.8, 4) is 11.1 Å². The van der Waals surface area contributed by atoms with E-state index in [0.717, 1.165) is 28.5 Å². The van der Waals surface area contributed by atoms with Crippen LogP contribution in [0.1, 0.15) is 19.8 Å². The third-order valence-corrected chi connectivity index (χ3v) is 3.73. The third kappa shape index (κ3) is 2.97. The first-order chi connectivity index (χ1) is 10.7. The van der Waals surface area contributed by atoms with Crippen LogP contribution >= 0.6 is 11.6 Å². The topological polar surface area (TPSA) is 57.8 Å². The Hall–Kier alpha value is -2.33. The second-order valence-corrected chi connectivity index (χ2v) is 5.57. The lowest BCUT2D eigenvalue weighted by atomic mass is 10.0. The second kappa shape index (κ2) is 6.20. The van der Waals surface area contributed by atoms with Crippen molar-refractivity contribution < 1.29 is 4.79 Å². The number of nitrogens with zero attached hydrogens (tertiary/aromatic N) is 1. The Balaban J connectivity index is 1.92. The van der Waals surface area contributed by atoms with Gasteiger partial charge in [0.2, 0.25) is 5.91 Å². The van der Waals surface area contributed by atoms with Crippen molar-refractivity contribution in [1.29, 1.82) is 0 Å². The van der Waals surface area contributed by atoms with Gasteiger partial charge < -0.3 is 5.32 Å². The van der Waals surface area contributed by atoms with Crippen LogP contribution in [0, 0.1) is 0 Å². The standard InChI is InChI=1S/C17H16ClN3O/c1-2-3-16(22)19-17-14-9-6-12(10-15(14)20-21-17)11-4-7-13(18)8-5-11/h4-10H,2-3H2,1H3,(H2,19,20,21,22). The molecule has 2 N–H and O–H groups in total. The number of hydrogen-bond acceptors (Lipinski definition) is 2. The van der Waals surface area contributed by atoms with Gasteiger partial charge >= 0.3 is 0 Å². The number of amides is 1. The van der Waals surface area contributed by atoms with Gasteiger partial charge in [-0.3, -0.25) is 9.89 Å². The van der Waals surface area contributed by atoms with Crippen LogP contribution in [0.4, 0.5) is 5.82 Å². The monoisotopic (exact) mass is 313 g/mol. The molecular weight excluding hydrogens is 298 g/mol. The Morgan fingerprint density at radius 1 is 1.18 bits per heavy atom. The number of aromatic amines is 1. The summed E-state index contributed by atoms with van der Waals surface area (Å²) in [6, 6.07) is 13.7. The molecule has 1 aromatic heterocycles. The molecule has 0 aliphatic heterocycles. The number of carbonyl (C=O) groups is 1. The summed E-state index contributed by atoms with van der Waals surface area (Å²) in [7, 11) is 0. The molecule has 0 saturated heterocycles. The zero-order valence-electron chi connectivity index (χ0n) is 12.2. The summed E-state index contributed by atoms with van der Waals surface area (Å²) in [4.78, 5) is 11.7. The molecule has 2 aromatic carbocycles. The highest BCUT2D eigenvalue weighted by Crippen LogP contribution is 2.27. The fourth-order valence-electron chi connectivity index (χ4n) is 2.36. The number of rotatable bonds is 4. The first-order valence-electron chi connectivity index (χ1n) is 7.21. The molecule has 0 spiro atoms. The molecule has 4 nitrogen and oxygen atoms in total. The summed E-state index contributed by atoms with van der Waals surface area (Å²) in [5.74, 6) is 0.564. The molecule has 112 valence electrons. The number of carbonyl (C=O) groups excluding carboxylic acids is 1. The normalized spacial score (nSPS) is 10.8. The van der Waals surface area contributed by atoms with E-state index in [2.05, 4.69) is 15.5 Å². The molecule has 1 heterocycles. The molecule has 3 aromatic rings. The summed E-state index contributed by atoms with van der Waals surface area (Å²) >= 11 is 5.92. The van der Waals surface area contributed by atoms with Gasteiger partial charge in [-0.25, -0.2) is 0 Å². The van der Waals surface area contributed by atoms with Crippen molar-refractivity contribution in [2.24, 2.45) is 0 Å². The lowest BCUT2D eigenvalue weighted by Crippen LogP contribution is -2.10. The molecule has 3 rings (SSSR count). The van der Waals surface area contributed by atoms with E-state index in [1.165, 1.54) is 0 Å². The zero-order valence-corrected chi connectivity index (χ0v) is 12.9. The van der Waals surface area contributed by atoms with Crippen LogP contribution in [0.15, 0.2) is 42.5 Å². The molecule has 0 aliphatic rings. The van der Waals surface area contributed by atoms with Gasteiger partial charge in [0.25, 0.3) is 0 Å². The van der Waals surface area contributed by atoms with Gasteiger partial charge in [0, 0.05) is 16.8 Å². The van der Waals surface area contributed by atoms with E-state index in [4.69, 9.17) is 11.6 Å². The van der Waals surface area contributed by atoms with Gasteiger partial charge in [0.05, 0.1) is 5.52 Å². The summed E-state index contributed by atoms with van der Waals surface area (Å²) in [5.41, 5.74) is 3.04. The Kier molecular flexibility index (Phi) is 4.11. The molecule has 22 heavy (non-hydrogen) atoms. The average molecular weight is 314 g/mol. The van der Waals surface area contributed by atoms with Gasteiger partial charge in [0.15, 0.2) is 5.82 Å². The van der Waals surface area contributed by atoms with E-state index >= 15 is 0 Å². The van der Waals surface area contributed by atoms with Crippen LogP contribution in [0.3, 0.4) is 0 Å². The minimum absolute atomic E-state index is 0.0160. The maximum Gasteiger partial charge on any atom is 0.225 e. The van der Waals surface area contributed by atoms with Gasteiger partial charge in [-0.1, -0.05) is 36.7 Å². The summed E-state index contributed by atoms with van der Waals surface area (Å²) < 4.78 is 0. The smallest absolute Gasteiger partial charge is 0.225 e. The fraction of sp³-hybridized carbons (Fsp3) is 0.176. The number of hydrogen-bond donors (Lipinski definition) is 2. The van der Waals surface area contributed by atoms with E-state index < -0.39 is 0 Å². The molecule has 0 radical (unpaired) electrons. The molecule has 0 atom stereocenters. The van der Waals surface area contributed by atoms with Gasteiger partial charge in [-0.2, -0.15) is 5.10 Å². The summed E-state index contributed by atoms with van der Waals surface area (Å²) in [6.07, 6.45) is 1.31. The number of fused-ring (bicyclic) bond motifs is 1. The maximum absolute atomic E-state index is 11.7. The molecule has 0 unspecified atom stereocenters. The van der Waals surface area contributed by atoms with Crippen molar-refractivity contribution in [2.75, 3.05) is 5.32 Å². The second-order valence-electron chi connectivity index (χ2n) is 5.14. The van der Waals surface area contributed by atoms with Crippen LogP contribution in [0.25, 0.3) is 22.0 Å². The minimum atomic E-state index is -0.0160. The fourth-order valence-corrected chi connectivity index (χ4v) is 2.48. The largest absolute Gasteiger partial charge is 0.309 e. The molecule has 0 bridgehead atoms. The molecule has 0 fully saturated rings. The van der Waals surface area contributed by atoms with E-state index in [9.17, 15) is 4.79 Å². The lowest BCUT2D eigenvalue weighted by Gasteiger charge is -2.03. The van der Waals surface area contributed by atoms with Crippen molar-refractivity contribution in [3.63, 3.8) is 0 Å². The first-order valence-corrected chi connectivity index (χ1v) is 7.59. The number of benzene rings is 2. The highest BCUT2D eigenvalue weighted by Gasteiger charge is 2.09. The predicted octanol–water partition coefficient (Wildman–Crippen LogP) is 4.62. The molecular formula is C17H16ClN3O.